The van der Waals surface area contributed by atoms with Gasteiger partial charge in [0.1, 0.15) is 0 Å². The monoisotopic (exact) mass is 347 g/mol. The van der Waals surface area contributed by atoms with Gasteiger partial charge in [-0.05, 0) is 43.4 Å². The third-order valence-electron chi connectivity index (χ3n) is 4.42. The van der Waals surface area contributed by atoms with E-state index in [-0.39, 0.29) is 12.1 Å². The van der Waals surface area contributed by atoms with E-state index in [1.165, 1.54) is 0 Å². The van der Waals surface area contributed by atoms with Crippen LogP contribution in [-0.2, 0) is 0 Å². The van der Waals surface area contributed by atoms with Crippen molar-refractivity contribution in [2.45, 2.75) is 45.6 Å². The van der Waals surface area contributed by atoms with Crippen LogP contribution < -0.4 is 5.32 Å². The molecule has 1 saturated heterocycles. The minimum absolute atomic E-state index is 0.0653. The van der Waals surface area contributed by atoms with Crippen molar-refractivity contribution in [1.82, 2.24) is 10.1 Å². The summed E-state index contributed by atoms with van der Waals surface area (Å²) >= 11 is 6.03. The van der Waals surface area contributed by atoms with Crippen molar-refractivity contribution in [3.05, 3.63) is 46.3 Å². The third kappa shape index (κ3) is 3.41. The summed E-state index contributed by atoms with van der Waals surface area (Å²) in [5.74, 6) is 1.06. The van der Waals surface area contributed by atoms with Crippen LogP contribution in [-0.4, -0.2) is 22.6 Å². The summed E-state index contributed by atoms with van der Waals surface area (Å²) in [6, 6.07) is 7.24. The summed E-state index contributed by atoms with van der Waals surface area (Å²) in [7, 11) is 0. The summed E-state index contributed by atoms with van der Waals surface area (Å²) in [5, 5.41) is 7.68. The SMILES string of the molecule is Cc1ccc(Cl)cc1NC(=O)N1CCC[C@@H]1c1cc(C(C)C)no1. The Morgan fingerprint density at radius 3 is 2.92 bits per heavy atom. The maximum Gasteiger partial charge on any atom is 0.322 e. The molecule has 5 nitrogen and oxygen atoms in total. The summed E-state index contributed by atoms with van der Waals surface area (Å²) in [6.45, 7) is 6.79. The lowest BCUT2D eigenvalue weighted by atomic mass is 10.1. The van der Waals surface area contributed by atoms with E-state index in [4.69, 9.17) is 16.1 Å². The van der Waals surface area contributed by atoms with Crippen LogP contribution in [0.15, 0.2) is 28.8 Å². The van der Waals surface area contributed by atoms with Gasteiger partial charge in [-0.25, -0.2) is 4.79 Å². The lowest BCUT2D eigenvalue weighted by molar-refractivity contribution is 0.195. The first kappa shape index (κ1) is 16.8. The molecule has 1 fully saturated rings. The summed E-state index contributed by atoms with van der Waals surface area (Å²) in [6.07, 6.45) is 1.83. The lowest BCUT2D eigenvalue weighted by Gasteiger charge is -2.23. The number of hydrogen-bond donors (Lipinski definition) is 1. The van der Waals surface area contributed by atoms with Crippen molar-refractivity contribution in [3.63, 3.8) is 0 Å². The molecule has 0 radical (unpaired) electrons. The van der Waals surface area contributed by atoms with E-state index >= 15 is 0 Å². The fourth-order valence-corrected chi connectivity index (χ4v) is 3.13. The molecule has 6 heteroatoms. The Morgan fingerprint density at radius 2 is 2.21 bits per heavy atom. The van der Waals surface area contributed by atoms with E-state index in [1.807, 2.05) is 30.0 Å². The number of benzene rings is 1. The van der Waals surface area contributed by atoms with Crippen LogP contribution in [0.5, 0.6) is 0 Å². The number of aryl methyl sites for hydroxylation is 1. The third-order valence-corrected chi connectivity index (χ3v) is 4.66. The van der Waals surface area contributed by atoms with Gasteiger partial charge in [0.15, 0.2) is 5.76 Å². The molecule has 1 aliphatic rings. The highest BCUT2D eigenvalue weighted by Crippen LogP contribution is 2.34. The van der Waals surface area contributed by atoms with E-state index in [9.17, 15) is 4.79 Å². The van der Waals surface area contributed by atoms with Gasteiger partial charge in [-0.1, -0.05) is 36.7 Å². The number of halogens is 1. The highest BCUT2D eigenvalue weighted by molar-refractivity contribution is 6.31. The Hall–Kier alpha value is -2.01. The number of urea groups is 1. The molecule has 0 bridgehead atoms. The average Bonchev–Trinajstić information content (AvgIpc) is 3.18. The van der Waals surface area contributed by atoms with E-state index < -0.39 is 0 Å². The number of carbonyl (C=O) groups is 1. The molecule has 3 rings (SSSR count). The van der Waals surface area contributed by atoms with Gasteiger partial charge in [-0.2, -0.15) is 0 Å². The second-order valence-electron chi connectivity index (χ2n) is 6.55. The molecule has 1 aromatic carbocycles. The molecule has 1 aromatic heterocycles. The van der Waals surface area contributed by atoms with Crippen molar-refractivity contribution in [2.75, 3.05) is 11.9 Å². The summed E-state index contributed by atoms with van der Waals surface area (Å²) in [4.78, 5) is 14.5. The van der Waals surface area contributed by atoms with Gasteiger partial charge >= 0.3 is 6.03 Å². The number of amides is 2. The number of nitrogens with zero attached hydrogens (tertiary/aromatic N) is 2. The van der Waals surface area contributed by atoms with Gasteiger partial charge in [0.2, 0.25) is 0 Å². The zero-order valence-electron chi connectivity index (χ0n) is 14.2. The molecule has 2 amide bonds. The molecule has 2 aromatic rings. The first-order valence-corrected chi connectivity index (χ1v) is 8.64. The number of rotatable bonds is 3. The highest BCUT2D eigenvalue weighted by atomic mass is 35.5. The van der Waals surface area contributed by atoms with E-state index in [0.717, 1.165) is 35.5 Å². The van der Waals surface area contributed by atoms with Crippen molar-refractivity contribution in [2.24, 2.45) is 0 Å². The highest BCUT2D eigenvalue weighted by Gasteiger charge is 2.33. The molecule has 128 valence electrons. The largest absolute Gasteiger partial charge is 0.359 e. The number of hydrogen-bond acceptors (Lipinski definition) is 3. The van der Waals surface area contributed by atoms with E-state index in [0.29, 0.717) is 17.5 Å². The number of aromatic nitrogens is 1. The summed E-state index contributed by atoms with van der Waals surface area (Å²) < 4.78 is 5.49. The first-order valence-electron chi connectivity index (χ1n) is 8.26. The molecule has 24 heavy (non-hydrogen) atoms. The Bertz CT molecular complexity index is 742. The van der Waals surface area contributed by atoms with Crippen molar-refractivity contribution in [3.8, 4) is 0 Å². The molecular weight excluding hydrogens is 326 g/mol. The Kier molecular flexibility index (Phi) is 4.81. The van der Waals surface area contributed by atoms with Crippen LogP contribution >= 0.6 is 11.6 Å². The van der Waals surface area contributed by atoms with Crippen molar-refractivity contribution < 1.29 is 9.32 Å². The van der Waals surface area contributed by atoms with Crippen LogP contribution in [0, 0.1) is 6.92 Å². The van der Waals surface area contributed by atoms with Gasteiger partial charge < -0.3 is 14.7 Å². The minimum atomic E-state index is -0.134. The van der Waals surface area contributed by atoms with Crippen LogP contribution in [0.4, 0.5) is 10.5 Å². The molecule has 1 atom stereocenters. The molecule has 1 aliphatic heterocycles. The number of carbonyl (C=O) groups excluding carboxylic acids is 1. The summed E-state index contributed by atoms with van der Waals surface area (Å²) in [5.41, 5.74) is 2.63. The van der Waals surface area contributed by atoms with Crippen molar-refractivity contribution in [1.29, 1.82) is 0 Å². The lowest BCUT2D eigenvalue weighted by Crippen LogP contribution is -2.34. The van der Waals surface area contributed by atoms with Crippen LogP contribution in [0.2, 0.25) is 5.02 Å². The molecule has 0 aliphatic carbocycles. The first-order chi connectivity index (χ1) is 11.5. The average molecular weight is 348 g/mol. The molecule has 2 heterocycles. The van der Waals surface area contributed by atoms with Gasteiger partial charge in [-0.3, -0.25) is 0 Å². The molecule has 0 spiro atoms. The second-order valence-corrected chi connectivity index (χ2v) is 6.99. The van der Waals surface area contributed by atoms with E-state index in [1.54, 1.807) is 6.07 Å². The van der Waals surface area contributed by atoms with Crippen molar-refractivity contribution >= 4 is 23.3 Å². The van der Waals surface area contributed by atoms with Gasteiger partial charge in [0.05, 0.1) is 11.7 Å². The fourth-order valence-electron chi connectivity index (χ4n) is 2.95. The van der Waals surface area contributed by atoms with Crippen LogP contribution in [0.1, 0.15) is 55.7 Å². The predicted molar refractivity (Wildman–Crippen MR) is 94.5 cm³/mol. The zero-order chi connectivity index (χ0) is 17.3. The Morgan fingerprint density at radius 1 is 1.42 bits per heavy atom. The van der Waals surface area contributed by atoms with Gasteiger partial charge in [-0.15, -0.1) is 0 Å². The van der Waals surface area contributed by atoms with Crippen LogP contribution in [0.25, 0.3) is 0 Å². The molecular formula is C18H22ClN3O2. The zero-order valence-corrected chi connectivity index (χ0v) is 14.9. The topological polar surface area (TPSA) is 58.4 Å². The minimum Gasteiger partial charge on any atom is -0.359 e. The smallest absolute Gasteiger partial charge is 0.322 e. The predicted octanol–water partition coefficient (Wildman–Crippen LogP) is 5.13. The molecule has 1 N–H and O–H groups in total. The molecule has 0 saturated carbocycles. The second kappa shape index (κ2) is 6.85. The maximum atomic E-state index is 12.7. The Balaban J connectivity index is 1.77. The quantitative estimate of drug-likeness (QED) is 0.837. The van der Waals surface area contributed by atoms with Gasteiger partial charge in [0, 0.05) is 23.3 Å². The maximum absolute atomic E-state index is 12.7. The number of nitrogens with one attached hydrogen (secondary N) is 1. The standard InChI is InChI=1S/C18H22ClN3O2/c1-11(2)14-10-17(24-21-14)16-5-4-8-22(16)18(23)20-15-9-13(19)7-6-12(15)3/h6-7,9-11,16H,4-5,8H2,1-3H3,(H,20,23)/t16-/m1/s1. The Labute approximate surface area is 147 Å². The fraction of sp³-hybridized carbons (Fsp3) is 0.444. The molecule has 0 unspecified atom stereocenters. The normalized spacial score (nSPS) is 17.5. The van der Waals surface area contributed by atoms with E-state index in [2.05, 4.69) is 24.3 Å². The number of anilines is 1. The van der Waals surface area contributed by atoms with Gasteiger partial charge in [0.25, 0.3) is 0 Å². The number of likely N-dealkylation sites (tertiary alicyclic amines) is 1. The van der Waals surface area contributed by atoms with Crippen LogP contribution in [0.3, 0.4) is 0 Å².